The van der Waals surface area contributed by atoms with Crippen LogP contribution in [0.5, 0.6) is 28.7 Å². The number of aryl methyl sites for hydroxylation is 1. The summed E-state index contributed by atoms with van der Waals surface area (Å²) in [6, 6.07) is 16.0. The van der Waals surface area contributed by atoms with E-state index in [9.17, 15) is 9.90 Å². The van der Waals surface area contributed by atoms with E-state index in [4.69, 9.17) is 18.9 Å². The molecule has 0 unspecified atom stereocenters. The van der Waals surface area contributed by atoms with Crippen LogP contribution in [0.25, 0.3) is 11.6 Å². The zero-order chi connectivity index (χ0) is 24.7. The van der Waals surface area contributed by atoms with Crippen molar-refractivity contribution in [2.24, 2.45) is 0 Å². The number of carbonyl (C=O) groups is 1. The minimum absolute atomic E-state index is 0.0314. The maximum atomic E-state index is 13.5. The molecule has 7 nitrogen and oxygen atoms in total. The molecule has 3 aromatic rings. The number of benzene rings is 3. The molecule has 0 aliphatic heterocycles. The summed E-state index contributed by atoms with van der Waals surface area (Å²) in [7, 11) is 6.02. The molecule has 0 atom stereocenters. The Labute approximate surface area is 199 Å². The predicted molar refractivity (Wildman–Crippen MR) is 133 cm³/mol. The lowest BCUT2D eigenvalue weighted by Crippen LogP contribution is -2.14. The lowest BCUT2D eigenvalue weighted by Gasteiger charge is -2.16. The van der Waals surface area contributed by atoms with E-state index in [2.05, 4.69) is 12.2 Å². The highest BCUT2D eigenvalue weighted by atomic mass is 16.5. The number of rotatable bonds is 9. The average molecular weight is 464 g/mol. The van der Waals surface area contributed by atoms with Crippen LogP contribution in [0, 0.1) is 0 Å². The highest BCUT2D eigenvalue weighted by molar-refractivity contribution is 6.29. The largest absolute Gasteiger partial charge is 0.504 e. The van der Waals surface area contributed by atoms with Gasteiger partial charge in [0.25, 0.3) is 5.91 Å². The number of phenols is 1. The van der Waals surface area contributed by atoms with Crippen molar-refractivity contribution in [2.75, 3.05) is 33.8 Å². The summed E-state index contributed by atoms with van der Waals surface area (Å²) in [4.78, 5) is 13.5. The molecule has 0 aliphatic carbocycles. The van der Waals surface area contributed by atoms with Gasteiger partial charge in [-0.1, -0.05) is 25.1 Å². The Bertz CT molecular complexity index is 1160. The number of aromatic hydroxyl groups is 1. The predicted octanol–water partition coefficient (Wildman–Crippen LogP) is 5.17. The fraction of sp³-hybridized carbons (Fsp3) is 0.222. The molecule has 0 saturated heterocycles. The fourth-order valence-electron chi connectivity index (χ4n) is 3.50. The molecule has 0 radical (unpaired) electrons. The van der Waals surface area contributed by atoms with Crippen LogP contribution in [-0.4, -0.2) is 39.5 Å². The Kier molecular flexibility index (Phi) is 8.03. The van der Waals surface area contributed by atoms with Gasteiger partial charge in [0.05, 0.1) is 28.4 Å². The maximum Gasteiger partial charge on any atom is 0.256 e. The Morgan fingerprint density at radius 2 is 1.47 bits per heavy atom. The molecule has 0 aliphatic rings. The van der Waals surface area contributed by atoms with Crippen LogP contribution in [0.4, 0.5) is 5.69 Å². The fourth-order valence-corrected chi connectivity index (χ4v) is 3.50. The third-order valence-electron chi connectivity index (χ3n) is 5.35. The molecule has 0 fully saturated rings. The lowest BCUT2D eigenvalue weighted by molar-refractivity contribution is -0.111. The van der Waals surface area contributed by atoms with Crippen LogP contribution in [0.1, 0.15) is 23.6 Å². The molecule has 3 aromatic carbocycles. The molecule has 0 aromatic heterocycles. The van der Waals surface area contributed by atoms with E-state index in [1.165, 1.54) is 40.1 Å². The zero-order valence-corrected chi connectivity index (χ0v) is 20.0. The van der Waals surface area contributed by atoms with Crippen molar-refractivity contribution < 1.29 is 28.8 Å². The number of ether oxygens (including phenoxy) is 4. The monoisotopic (exact) mass is 463 g/mol. The normalized spacial score (nSPS) is 11.0. The minimum atomic E-state index is -0.339. The molecule has 3 rings (SSSR count). The van der Waals surface area contributed by atoms with Crippen molar-refractivity contribution in [1.82, 2.24) is 0 Å². The van der Waals surface area contributed by atoms with Gasteiger partial charge in [-0.3, -0.25) is 4.79 Å². The van der Waals surface area contributed by atoms with E-state index in [0.29, 0.717) is 45.4 Å². The van der Waals surface area contributed by atoms with Gasteiger partial charge < -0.3 is 29.4 Å². The highest BCUT2D eigenvalue weighted by Gasteiger charge is 2.20. The van der Waals surface area contributed by atoms with Crippen molar-refractivity contribution in [1.29, 1.82) is 0 Å². The molecular formula is C27H29NO6. The summed E-state index contributed by atoms with van der Waals surface area (Å²) in [6.07, 6.45) is 2.58. The summed E-state index contributed by atoms with van der Waals surface area (Å²) >= 11 is 0. The summed E-state index contributed by atoms with van der Waals surface area (Å²) in [5.74, 6) is 1.23. The third-order valence-corrected chi connectivity index (χ3v) is 5.35. The first kappa shape index (κ1) is 24.5. The molecule has 0 bridgehead atoms. The number of amides is 1. The molecule has 0 spiro atoms. The van der Waals surface area contributed by atoms with Crippen LogP contribution >= 0.6 is 0 Å². The van der Waals surface area contributed by atoms with Crippen LogP contribution in [-0.2, 0) is 11.2 Å². The topological polar surface area (TPSA) is 86.3 Å². The van der Waals surface area contributed by atoms with Gasteiger partial charge in [0.1, 0.15) is 0 Å². The van der Waals surface area contributed by atoms with Crippen molar-refractivity contribution in [3.63, 3.8) is 0 Å². The van der Waals surface area contributed by atoms with E-state index < -0.39 is 0 Å². The standard InChI is InChI=1S/C27H29NO6/c1-6-17-7-10-20(11-8-17)28-27(30)21(13-18-9-12-23(31-2)22(29)14-18)19-15-24(32-3)26(34-5)25(16-19)33-4/h7-16,29H,6H2,1-5H3,(H,28,30)/b21-13+. The maximum absolute atomic E-state index is 13.5. The van der Waals surface area contributed by atoms with Gasteiger partial charge in [0, 0.05) is 11.3 Å². The van der Waals surface area contributed by atoms with Crippen LogP contribution in [0.15, 0.2) is 54.6 Å². The van der Waals surface area contributed by atoms with Gasteiger partial charge in [-0.25, -0.2) is 0 Å². The number of hydrogen-bond acceptors (Lipinski definition) is 6. The van der Waals surface area contributed by atoms with Crippen LogP contribution in [0.3, 0.4) is 0 Å². The van der Waals surface area contributed by atoms with E-state index in [1.807, 2.05) is 24.3 Å². The van der Waals surface area contributed by atoms with Gasteiger partial charge in [0.2, 0.25) is 5.75 Å². The number of methoxy groups -OCH3 is 4. The van der Waals surface area contributed by atoms with Gasteiger partial charge in [-0.05, 0) is 65.6 Å². The van der Waals surface area contributed by atoms with Gasteiger partial charge in [-0.15, -0.1) is 0 Å². The summed E-state index contributed by atoms with van der Waals surface area (Å²) in [6.45, 7) is 2.07. The first-order valence-electron chi connectivity index (χ1n) is 10.7. The Morgan fingerprint density at radius 1 is 0.853 bits per heavy atom. The van der Waals surface area contributed by atoms with Gasteiger partial charge in [0.15, 0.2) is 23.0 Å². The van der Waals surface area contributed by atoms with E-state index >= 15 is 0 Å². The molecule has 178 valence electrons. The van der Waals surface area contributed by atoms with Gasteiger partial charge >= 0.3 is 0 Å². The first-order chi connectivity index (χ1) is 16.4. The smallest absolute Gasteiger partial charge is 0.256 e. The molecule has 0 saturated carbocycles. The van der Waals surface area contributed by atoms with Gasteiger partial charge in [-0.2, -0.15) is 0 Å². The third kappa shape index (κ3) is 5.43. The summed E-state index contributed by atoms with van der Waals surface area (Å²) in [5.41, 5.74) is 3.33. The lowest BCUT2D eigenvalue weighted by atomic mass is 10.00. The second-order valence-electron chi connectivity index (χ2n) is 7.41. The Hall–Kier alpha value is -4.13. The molecule has 34 heavy (non-hydrogen) atoms. The van der Waals surface area contributed by atoms with Crippen molar-refractivity contribution >= 4 is 23.2 Å². The molecule has 0 heterocycles. The molecule has 7 heteroatoms. The SMILES string of the molecule is CCc1ccc(NC(=O)/C(=C/c2ccc(OC)c(O)c2)c2cc(OC)c(OC)c(OC)c2)cc1. The summed E-state index contributed by atoms with van der Waals surface area (Å²) in [5, 5.41) is 13.2. The second kappa shape index (κ2) is 11.1. The van der Waals surface area contributed by atoms with Crippen LogP contribution in [0.2, 0.25) is 0 Å². The number of nitrogens with one attached hydrogen (secondary N) is 1. The van der Waals surface area contributed by atoms with Crippen molar-refractivity contribution in [3.05, 3.63) is 71.3 Å². The van der Waals surface area contributed by atoms with E-state index in [-0.39, 0.29) is 11.7 Å². The average Bonchev–Trinajstić information content (AvgIpc) is 2.86. The molecular weight excluding hydrogens is 434 g/mol. The van der Waals surface area contributed by atoms with E-state index in [0.717, 1.165) is 6.42 Å². The Balaban J connectivity index is 2.11. The van der Waals surface area contributed by atoms with Crippen molar-refractivity contribution in [2.45, 2.75) is 13.3 Å². The molecule has 2 N–H and O–H groups in total. The van der Waals surface area contributed by atoms with Crippen molar-refractivity contribution in [3.8, 4) is 28.7 Å². The van der Waals surface area contributed by atoms with Crippen LogP contribution < -0.4 is 24.3 Å². The highest BCUT2D eigenvalue weighted by Crippen LogP contribution is 2.40. The number of phenolic OH excluding ortho intramolecular Hbond substituents is 1. The first-order valence-corrected chi connectivity index (χ1v) is 10.7. The Morgan fingerprint density at radius 3 is 1.97 bits per heavy atom. The quantitative estimate of drug-likeness (QED) is 0.336. The summed E-state index contributed by atoms with van der Waals surface area (Å²) < 4.78 is 21.5. The zero-order valence-electron chi connectivity index (χ0n) is 20.0. The second-order valence-corrected chi connectivity index (χ2v) is 7.41. The van der Waals surface area contributed by atoms with E-state index in [1.54, 1.807) is 30.3 Å². The number of carbonyl (C=O) groups excluding carboxylic acids is 1. The number of hydrogen-bond donors (Lipinski definition) is 2. The number of anilines is 1. The minimum Gasteiger partial charge on any atom is -0.504 e. The molecule has 1 amide bonds.